The van der Waals surface area contributed by atoms with Gasteiger partial charge in [0, 0.05) is 21.1 Å². The van der Waals surface area contributed by atoms with Crippen molar-refractivity contribution in [3.8, 4) is 33.4 Å². The van der Waals surface area contributed by atoms with E-state index in [-0.39, 0.29) is 5.41 Å². The summed E-state index contributed by atoms with van der Waals surface area (Å²) in [5.74, 6) is 0. The summed E-state index contributed by atoms with van der Waals surface area (Å²) in [4.78, 5) is 10.9. The van der Waals surface area contributed by atoms with Crippen molar-refractivity contribution in [3.63, 3.8) is 0 Å². The zero-order valence-corrected chi connectivity index (χ0v) is 29.5. The van der Waals surface area contributed by atoms with Gasteiger partial charge in [0.2, 0.25) is 0 Å². The fraction of sp³-hybridized carbons (Fsp3) is 0.0833. The molecule has 1 aliphatic rings. The molecule has 2 nitrogen and oxygen atoms in total. The maximum absolute atomic E-state index is 5.38. The van der Waals surface area contributed by atoms with Crippen molar-refractivity contribution in [2.75, 3.05) is 0 Å². The SMILES string of the molecule is C=Nc1c(C(=NCc2cc(-c3ccccc3)cc(-c3ccc4c(c3)C(C)(C)c3c-4ccc4ccccc34)c2)c2ccccc2)sc2ccccc12. The summed E-state index contributed by atoms with van der Waals surface area (Å²) >= 11 is 1.73. The van der Waals surface area contributed by atoms with E-state index in [1.165, 1.54) is 60.0 Å². The van der Waals surface area contributed by atoms with Gasteiger partial charge in [0.25, 0.3) is 0 Å². The van der Waals surface area contributed by atoms with E-state index in [1.54, 1.807) is 11.3 Å². The summed E-state index contributed by atoms with van der Waals surface area (Å²) in [5, 5.41) is 3.74. The molecule has 0 radical (unpaired) electrons. The van der Waals surface area contributed by atoms with Gasteiger partial charge in [0.15, 0.2) is 0 Å². The summed E-state index contributed by atoms with van der Waals surface area (Å²) in [6.45, 7) is 9.24. The molecule has 0 unspecified atom stereocenters. The lowest BCUT2D eigenvalue weighted by Crippen LogP contribution is -2.15. The molecule has 1 heterocycles. The normalized spacial score (nSPS) is 13.3. The number of fused-ring (bicyclic) bond motifs is 6. The quantitative estimate of drug-likeness (QED) is 0.151. The number of thiophene rings is 1. The average Bonchev–Trinajstić information content (AvgIpc) is 3.67. The second kappa shape index (κ2) is 12.5. The monoisotopic (exact) mass is 672 g/mol. The Balaban J connectivity index is 1.18. The lowest BCUT2D eigenvalue weighted by molar-refractivity contribution is 0.666. The molecule has 0 amide bonds. The van der Waals surface area contributed by atoms with Crippen molar-refractivity contribution in [2.45, 2.75) is 25.8 Å². The Morgan fingerprint density at radius 2 is 1.27 bits per heavy atom. The fourth-order valence-electron chi connectivity index (χ4n) is 7.94. The third kappa shape index (κ3) is 5.33. The van der Waals surface area contributed by atoms with Gasteiger partial charge in [-0.1, -0.05) is 141 Å². The molecule has 7 aromatic carbocycles. The topological polar surface area (TPSA) is 24.7 Å². The molecule has 0 bridgehead atoms. The minimum absolute atomic E-state index is 0.128. The molecule has 9 rings (SSSR count). The summed E-state index contributed by atoms with van der Waals surface area (Å²) in [6, 6.07) is 56.9. The van der Waals surface area contributed by atoms with Gasteiger partial charge in [-0.15, -0.1) is 11.3 Å². The maximum atomic E-state index is 5.38. The van der Waals surface area contributed by atoms with Crippen LogP contribution >= 0.6 is 11.3 Å². The first-order valence-electron chi connectivity index (χ1n) is 17.4. The highest BCUT2D eigenvalue weighted by molar-refractivity contribution is 7.21. The second-order valence-corrected chi connectivity index (χ2v) is 14.9. The van der Waals surface area contributed by atoms with Crippen molar-refractivity contribution >= 4 is 50.3 Å². The molecular weight excluding hydrogens is 637 g/mol. The number of rotatable bonds is 7. The van der Waals surface area contributed by atoms with Crippen molar-refractivity contribution in [2.24, 2.45) is 9.98 Å². The number of aliphatic imine (C=N–C) groups is 2. The van der Waals surface area contributed by atoms with Crippen LogP contribution in [0.3, 0.4) is 0 Å². The Kier molecular flexibility index (Phi) is 7.60. The third-order valence-corrected chi connectivity index (χ3v) is 11.5. The van der Waals surface area contributed by atoms with Gasteiger partial charge in [0.05, 0.1) is 22.8 Å². The molecule has 0 fully saturated rings. The fourth-order valence-corrected chi connectivity index (χ4v) is 9.13. The molecule has 0 atom stereocenters. The highest BCUT2D eigenvalue weighted by Crippen LogP contribution is 2.52. The predicted octanol–water partition coefficient (Wildman–Crippen LogP) is 13.1. The van der Waals surface area contributed by atoms with Crippen LogP contribution in [-0.4, -0.2) is 12.4 Å². The largest absolute Gasteiger partial charge is 0.278 e. The molecule has 1 aromatic heterocycles. The van der Waals surface area contributed by atoms with Crippen molar-refractivity contribution in [1.29, 1.82) is 0 Å². The molecule has 51 heavy (non-hydrogen) atoms. The van der Waals surface area contributed by atoms with E-state index in [0.29, 0.717) is 6.54 Å². The first-order valence-corrected chi connectivity index (χ1v) is 18.3. The first-order chi connectivity index (χ1) is 25.0. The van der Waals surface area contributed by atoms with Gasteiger partial charge >= 0.3 is 0 Å². The number of hydrogen-bond donors (Lipinski definition) is 0. The Bertz CT molecular complexity index is 2650. The van der Waals surface area contributed by atoms with E-state index in [2.05, 4.69) is 177 Å². The molecule has 0 saturated heterocycles. The van der Waals surface area contributed by atoms with E-state index in [9.17, 15) is 0 Å². The minimum atomic E-state index is -0.128. The van der Waals surface area contributed by atoms with E-state index in [1.807, 2.05) is 6.07 Å². The van der Waals surface area contributed by atoms with Crippen LogP contribution in [0.4, 0.5) is 5.69 Å². The van der Waals surface area contributed by atoms with Gasteiger partial charge in [-0.05, 0) is 97.9 Å². The van der Waals surface area contributed by atoms with Gasteiger partial charge in [0.1, 0.15) is 0 Å². The number of benzene rings is 7. The first kappa shape index (κ1) is 31.1. The van der Waals surface area contributed by atoms with E-state index in [4.69, 9.17) is 4.99 Å². The van der Waals surface area contributed by atoms with Crippen LogP contribution in [0.5, 0.6) is 0 Å². The minimum Gasteiger partial charge on any atom is -0.278 e. The smallest absolute Gasteiger partial charge is 0.0903 e. The molecule has 1 aliphatic carbocycles. The van der Waals surface area contributed by atoms with Crippen LogP contribution in [-0.2, 0) is 12.0 Å². The highest BCUT2D eigenvalue weighted by atomic mass is 32.1. The van der Waals surface area contributed by atoms with Gasteiger partial charge < -0.3 is 0 Å². The van der Waals surface area contributed by atoms with Crippen molar-refractivity contribution < 1.29 is 0 Å². The molecule has 0 N–H and O–H groups in total. The molecular formula is C48H36N2S. The average molecular weight is 673 g/mol. The van der Waals surface area contributed by atoms with Gasteiger partial charge in [-0.3, -0.25) is 9.98 Å². The summed E-state index contributed by atoms with van der Waals surface area (Å²) in [6.07, 6.45) is 0. The van der Waals surface area contributed by atoms with Crippen LogP contribution < -0.4 is 0 Å². The summed E-state index contributed by atoms with van der Waals surface area (Å²) < 4.78 is 1.18. The van der Waals surface area contributed by atoms with E-state index in [0.717, 1.165) is 32.8 Å². The zero-order chi connectivity index (χ0) is 34.5. The maximum Gasteiger partial charge on any atom is 0.0903 e. The Morgan fingerprint density at radius 3 is 2.06 bits per heavy atom. The van der Waals surface area contributed by atoms with Gasteiger partial charge in [-0.25, -0.2) is 0 Å². The van der Waals surface area contributed by atoms with Crippen LogP contribution in [0.25, 0.3) is 54.2 Å². The van der Waals surface area contributed by atoms with Crippen LogP contribution in [0.1, 0.15) is 41.0 Å². The van der Waals surface area contributed by atoms with E-state index >= 15 is 0 Å². The number of nitrogens with zero attached hydrogens (tertiary/aromatic N) is 2. The molecule has 0 aliphatic heterocycles. The van der Waals surface area contributed by atoms with Gasteiger partial charge in [-0.2, -0.15) is 0 Å². The van der Waals surface area contributed by atoms with E-state index < -0.39 is 0 Å². The Hall–Kier alpha value is -5.90. The molecule has 0 spiro atoms. The molecule has 3 heteroatoms. The molecule has 244 valence electrons. The van der Waals surface area contributed by atoms with Crippen LogP contribution in [0.2, 0.25) is 0 Å². The highest BCUT2D eigenvalue weighted by Gasteiger charge is 2.37. The Labute approximate surface area is 303 Å². The number of hydrogen-bond acceptors (Lipinski definition) is 3. The van der Waals surface area contributed by atoms with Crippen molar-refractivity contribution in [1.82, 2.24) is 0 Å². The molecule has 0 saturated carbocycles. The molecule has 8 aromatic rings. The lowest BCUT2D eigenvalue weighted by atomic mass is 9.79. The zero-order valence-electron chi connectivity index (χ0n) is 28.7. The third-order valence-electron chi connectivity index (χ3n) is 10.4. The predicted molar refractivity (Wildman–Crippen MR) is 219 cm³/mol. The summed E-state index contributed by atoms with van der Waals surface area (Å²) in [7, 11) is 0. The Morgan fingerprint density at radius 1 is 0.608 bits per heavy atom. The standard InChI is InChI=1S/C48H36N2S/c1-48(2)42-29-35(23-24-39(42)40-25-22-33-16-10-11-19-38(33)44(40)48)37-27-31(26-36(28-37)32-14-6-4-7-15-32)30-50-45(34-17-8-5-9-18-34)47-46(49-3)41-20-12-13-21-43(41)51-47/h4-29H,3,30H2,1-2H3. The lowest BCUT2D eigenvalue weighted by Gasteiger charge is -2.23. The second-order valence-electron chi connectivity index (χ2n) is 13.8. The summed E-state index contributed by atoms with van der Waals surface area (Å²) in [5.41, 5.74) is 14.2. The van der Waals surface area contributed by atoms with Crippen LogP contribution in [0, 0.1) is 0 Å². The van der Waals surface area contributed by atoms with Crippen LogP contribution in [0.15, 0.2) is 168 Å². The van der Waals surface area contributed by atoms with Crippen molar-refractivity contribution in [3.05, 3.63) is 185 Å².